The zero-order valence-corrected chi connectivity index (χ0v) is 12.6. The number of pyridine rings is 2. The third-order valence-corrected chi connectivity index (χ3v) is 4.13. The first-order valence-electron chi connectivity index (χ1n) is 7.61. The largest absolute Gasteiger partial charge is 0.327 e. The number of amides is 1. The van der Waals surface area contributed by atoms with Gasteiger partial charge in [-0.25, -0.2) is 0 Å². The van der Waals surface area contributed by atoms with Gasteiger partial charge in [0, 0.05) is 42.7 Å². The van der Waals surface area contributed by atoms with Gasteiger partial charge < -0.3 is 4.90 Å². The number of rotatable bonds is 4. The van der Waals surface area contributed by atoms with Gasteiger partial charge in [-0.15, -0.1) is 0 Å². The van der Waals surface area contributed by atoms with Crippen molar-refractivity contribution >= 4 is 22.6 Å². The lowest BCUT2D eigenvalue weighted by molar-refractivity contribution is -0.131. The van der Waals surface area contributed by atoms with Gasteiger partial charge in [-0.1, -0.05) is 0 Å². The molecule has 0 saturated carbocycles. The van der Waals surface area contributed by atoms with Crippen LogP contribution in [0.3, 0.4) is 0 Å². The van der Waals surface area contributed by atoms with Crippen molar-refractivity contribution in [1.29, 1.82) is 5.26 Å². The van der Waals surface area contributed by atoms with Crippen LogP contribution in [-0.4, -0.2) is 39.1 Å². The van der Waals surface area contributed by atoms with Crippen LogP contribution in [0.5, 0.6) is 0 Å². The quantitative estimate of drug-likeness (QED) is 0.807. The van der Waals surface area contributed by atoms with Crippen molar-refractivity contribution in [2.24, 2.45) is 0 Å². The van der Waals surface area contributed by atoms with E-state index in [4.69, 9.17) is 5.26 Å². The third kappa shape index (κ3) is 3.04. The van der Waals surface area contributed by atoms with Crippen molar-refractivity contribution in [1.82, 2.24) is 14.9 Å². The fourth-order valence-electron chi connectivity index (χ4n) is 2.94. The van der Waals surface area contributed by atoms with Crippen LogP contribution in [0.1, 0.15) is 36.0 Å². The van der Waals surface area contributed by atoms with Crippen LogP contribution in [0, 0.1) is 11.3 Å². The van der Waals surface area contributed by atoms with E-state index in [9.17, 15) is 9.59 Å². The maximum Gasteiger partial charge on any atom is 0.224 e. The van der Waals surface area contributed by atoms with Crippen molar-refractivity contribution in [3.63, 3.8) is 0 Å². The molecule has 0 aromatic carbocycles. The molecule has 6 nitrogen and oxygen atoms in total. The first-order valence-corrected chi connectivity index (χ1v) is 7.61. The van der Waals surface area contributed by atoms with E-state index >= 15 is 0 Å². The number of hydrogen-bond donors (Lipinski definition) is 0. The molecule has 116 valence electrons. The summed E-state index contributed by atoms with van der Waals surface area (Å²) in [6.07, 6.45) is 6.64. The van der Waals surface area contributed by atoms with E-state index in [-0.39, 0.29) is 30.6 Å². The van der Waals surface area contributed by atoms with E-state index in [1.807, 2.05) is 0 Å². The van der Waals surface area contributed by atoms with Gasteiger partial charge in [0.15, 0.2) is 5.78 Å². The summed E-state index contributed by atoms with van der Waals surface area (Å²) in [5.41, 5.74) is 1.22. The van der Waals surface area contributed by atoms with Gasteiger partial charge in [-0.3, -0.25) is 19.6 Å². The normalized spacial score (nSPS) is 17.2. The smallest absolute Gasteiger partial charge is 0.224 e. The highest BCUT2D eigenvalue weighted by atomic mass is 16.2. The van der Waals surface area contributed by atoms with Crippen LogP contribution in [0.2, 0.25) is 0 Å². The maximum atomic E-state index is 12.4. The lowest BCUT2D eigenvalue weighted by Crippen LogP contribution is -2.34. The Labute approximate surface area is 133 Å². The van der Waals surface area contributed by atoms with Crippen molar-refractivity contribution < 1.29 is 9.59 Å². The minimum atomic E-state index is -0.342. The molecule has 0 bridgehead atoms. The number of nitriles is 1. The molecule has 0 unspecified atom stereocenters. The van der Waals surface area contributed by atoms with Gasteiger partial charge in [0.1, 0.15) is 6.04 Å². The van der Waals surface area contributed by atoms with Crippen molar-refractivity contribution in [2.75, 3.05) is 6.54 Å². The molecule has 3 rings (SSSR count). The topological polar surface area (TPSA) is 87.0 Å². The highest BCUT2D eigenvalue weighted by Crippen LogP contribution is 2.20. The number of ketones is 1. The molecular weight excluding hydrogens is 292 g/mol. The number of fused-ring (bicyclic) bond motifs is 1. The van der Waals surface area contributed by atoms with E-state index < -0.39 is 0 Å². The van der Waals surface area contributed by atoms with E-state index in [0.717, 1.165) is 18.2 Å². The molecule has 1 amide bonds. The first-order chi connectivity index (χ1) is 11.2. The SMILES string of the molecule is N#C[C@@H]1CCCN1C(=O)CCC(=O)c1ccnc2cnccc12. The molecule has 0 aliphatic carbocycles. The van der Waals surface area contributed by atoms with Gasteiger partial charge in [0.05, 0.1) is 17.8 Å². The number of Topliss-reactive ketones (excluding diaryl/α,β-unsaturated/α-hetero) is 1. The van der Waals surface area contributed by atoms with Gasteiger partial charge in [0.25, 0.3) is 0 Å². The molecule has 2 aromatic heterocycles. The zero-order valence-electron chi connectivity index (χ0n) is 12.6. The number of aromatic nitrogens is 2. The Kier molecular flexibility index (Phi) is 4.29. The predicted octanol–water partition coefficient (Wildman–Crippen LogP) is 2.11. The van der Waals surface area contributed by atoms with E-state index in [2.05, 4.69) is 16.0 Å². The monoisotopic (exact) mass is 308 g/mol. The molecular formula is C17H16N4O2. The van der Waals surface area contributed by atoms with Crippen LogP contribution in [0.25, 0.3) is 10.9 Å². The Balaban J connectivity index is 1.70. The van der Waals surface area contributed by atoms with Gasteiger partial charge in [-0.2, -0.15) is 5.26 Å². The van der Waals surface area contributed by atoms with Crippen molar-refractivity contribution in [2.45, 2.75) is 31.7 Å². The minimum Gasteiger partial charge on any atom is -0.327 e. The van der Waals surface area contributed by atoms with Crippen LogP contribution >= 0.6 is 0 Å². The number of likely N-dealkylation sites (tertiary alicyclic amines) is 1. The van der Waals surface area contributed by atoms with Crippen LogP contribution in [0.4, 0.5) is 0 Å². The van der Waals surface area contributed by atoms with Crippen molar-refractivity contribution in [3.8, 4) is 6.07 Å². The lowest BCUT2D eigenvalue weighted by atomic mass is 10.0. The Morgan fingerprint density at radius 3 is 3.00 bits per heavy atom. The summed E-state index contributed by atoms with van der Waals surface area (Å²) in [5.74, 6) is -0.216. The van der Waals surface area contributed by atoms with E-state index in [0.29, 0.717) is 17.6 Å². The molecule has 1 saturated heterocycles. The standard InChI is InChI=1S/C17H16N4O2/c18-10-12-2-1-9-21(12)17(23)4-3-16(22)14-6-8-20-15-11-19-7-5-13(14)15/h5-8,11-12H,1-4,9H2/t12-/m0/s1. The van der Waals surface area contributed by atoms with Crippen LogP contribution < -0.4 is 0 Å². The summed E-state index contributed by atoms with van der Waals surface area (Å²) in [6.45, 7) is 0.606. The Hall–Kier alpha value is -2.81. The van der Waals surface area contributed by atoms with Gasteiger partial charge in [-0.05, 0) is 25.0 Å². The Morgan fingerprint density at radius 2 is 2.17 bits per heavy atom. The summed E-state index contributed by atoms with van der Waals surface area (Å²) in [4.78, 5) is 34.4. The highest BCUT2D eigenvalue weighted by molar-refractivity contribution is 6.07. The molecule has 6 heteroatoms. The Bertz CT molecular complexity index is 791. The average molecular weight is 308 g/mol. The zero-order chi connectivity index (χ0) is 16.2. The average Bonchev–Trinajstić information content (AvgIpc) is 3.07. The molecule has 23 heavy (non-hydrogen) atoms. The number of nitrogens with zero attached hydrogens (tertiary/aromatic N) is 4. The second kappa shape index (κ2) is 6.53. The maximum absolute atomic E-state index is 12.4. The molecule has 3 heterocycles. The third-order valence-electron chi connectivity index (χ3n) is 4.13. The van der Waals surface area contributed by atoms with E-state index in [1.165, 1.54) is 0 Å². The minimum absolute atomic E-state index is 0.0929. The molecule has 0 radical (unpaired) electrons. The number of carbonyl (C=O) groups excluding carboxylic acids is 2. The Morgan fingerprint density at radius 1 is 1.30 bits per heavy atom. The number of carbonyl (C=O) groups is 2. The molecule has 0 spiro atoms. The molecule has 0 N–H and O–H groups in total. The van der Waals surface area contributed by atoms with Crippen molar-refractivity contribution in [3.05, 3.63) is 36.3 Å². The van der Waals surface area contributed by atoms with Crippen LogP contribution in [0.15, 0.2) is 30.7 Å². The summed E-state index contributed by atoms with van der Waals surface area (Å²) in [5, 5.41) is 9.78. The second-order valence-corrected chi connectivity index (χ2v) is 5.55. The number of hydrogen-bond acceptors (Lipinski definition) is 5. The molecule has 1 fully saturated rings. The lowest BCUT2D eigenvalue weighted by Gasteiger charge is -2.19. The van der Waals surface area contributed by atoms with E-state index in [1.54, 1.807) is 35.6 Å². The first kappa shape index (κ1) is 15.1. The molecule has 2 aromatic rings. The second-order valence-electron chi connectivity index (χ2n) is 5.55. The molecule has 1 aliphatic heterocycles. The molecule has 1 atom stereocenters. The van der Waals surface area contributed by atoms with Gasteiger partial charge >= 0.3 is 0 Å². The summed E-state index contributed by atoms with van der Waals surface area (Å²) in [6, 6.07) is 5.22. The summed E-state index contributed by atoms with van der Waals surface area (Å²) < 4.78 is 0. The molecule has 1 aliphatic rings. The van der Waals surface area contributed by atoms with Gasteiger partial charge in [0.2, 0.25) is 5.91 Å². The van der Waals surface area contributed by atoms with Crippen LogP contribution in [-0.2, 0) is 4.79 Å². The summed E-state index contributed by atoms with van der Waals surface area (Å²) >= 11 is 0. The predicted molar refractivity (Wildman–Crippen MR) is 83.5 cm³/mol. The fraction of sp³-hybridized carbons (Fsp3) is 0.353. The summed E-state index contributed by atoms with van der Waals surface area (Å²) in [7, 11) is 0. The highest BCUT2D eigenvalue weighted by Gasteiger charge is 2.28. The fourth-order valence-corrected chi connectivity index (χ4v) is 2.94.